The van der Waals surface area contributed by atoms with Crippen LogP contribution >= 0.6 is 11.8 Å². The minimum atomic E-state index is -0.999. The molecule has 20 heavy (non-hydrogen) atoms. The summed E-state index contributed by atoms with van der Waals surface area (Å²) in [6.07, 6.45) is 1.04. The van der Waals surface area contributed by atoms with Gasteiger partial charge in [0.1, 0.15) is 29.7 Å². The van der Waals surface area contributed by atoms with Crippen molar-refractivity contribution in [3.63, 3.8) is 0 Å². The number of carboxylic acids is 1. The number of carbonyl (C=O) groups is 1. The summed E-state index contributed by atoms with van der Waals surface area (Å²) >= 11 is 1.51. The lowest BCUT2D eigenvalue weighted by molar-refractivity contribution is -0.385. The smallest absolute Gasteiger partial charge is 0.327 e. The number of pyridine rings is 1. The maximum atomic E-state index is 11.2. The van der Waals surface area contributed by atoms with Gasteiger partial charge in [0.25, 0.3) is 5.69 Å². The summed E-state index contributed by atoms with van der Waals surface area (Å²) in [5.41, 5.74) is -0.277. The Balaban J connectivity index is 2.43. The summed E-state index contributed by atoms with van der Waals surface area (Å²) in [5, 5.41) is 29.0. The Bertz CT molecular complexity index is 601. The molecule has 0 aromatic carbocycles. The molecule has 2 heterocycles. The van der Waals surface area contributed by atoms with Crippen molar-refractivity contribution >= 4 is 29.2 Å². The van der Waals surface area contributed by atoms with E-state index in [4.69, 9.17) is 5.26 Å². The van der Waals surface area contributed by atoms with Gasteiger partial charge in [0.05, 0.1) is 4.92 Å². The molecule has 1 fully saturated rings. The van der Waals surface area contributed by atoms with E-state index in [0.717, 1.165) is 12.3 Å². The van der Waals surface area contributed by atoms with E-state index in [2.05, 4.69) is 4.98 Å². The Labute approximate surface area is 118 Å². The molecule has 0 bridgehead atoms. The molecule has 104 valence electrons. The highest BCUT2D eigenvalue weighted by Gasteiger charge is 2.31. The number of nitrogens with zero attached hydrogens (tertiary/aromatic N) is 4. The minimum Gasteiger partial charge on any atom is -0.480 e. The first-order valence-electron chi connectivity index (χ1n) is 5.66. The molecule has 1 aromatic heterocycles. The fourth-order valence-electron chi connectivity index (χ4n) is 1.92. The van der Waals surface area contributed by atoms with Gasteiger partial charge in [0.2, 0.25) is 0 Å². The molecule has 9 heteroatoms. The third-order valence-corrected chi connectivity index (χ3v) is 3.89. The van der Waals surface area contributed by atoms with E-state index in [9.17, 15) is 20.0 Å². The molecule has 0 aliphatic carbocycles. The van der Waals surface area contributed by atoms with Crippen LogP contribution in [0.5, 0.6) is 0 Å². The maximum Gasteiger partial charge on any atom is 0.327 e. The van der Waals surface area contributed by atoms with Crippen molar-refractivity contribution in [2.45, 2.75) is 6.04 Å². The number of aromatic nitrogens is 1. The Morgan fingerprint density at radius 2 is 2.45 bits per heavy atom. The number of rotatable bonds is 3. The van der Waals surface area contributed by atoms with Gasteiger partial charge in [0, 0.05) is 24.1 Å². The first-order chi connectivity index (χ1) is 9.54. The number of hydrogen-bond acceptors (Lipinski definition) is 7. The number of nitro groups is 1. The zero-order valence-corrected chi connectivity index (χ0v) is 11.0. The Morgan fingerprint density at radius 3 is 3.05 bits per heavy atom. The predicted octanol–water partition coefficient (Wildman–Crippen LogP) is 0.868. The summed E-state index contributed by atoms with van der Waals surface area (Å²) in [5.74, 6) is 0.290. The molecule has 0 radical (unpaired) electrons. The van der Waals surface area contributed by atoms with Crippen LogP contribution in [-0.4, -0.2) is 45.1 Å². The fraction of sp³-hybridized carbons (Fsp3) is 0.364. The quantitative estimate of drug-likeness (QED) is 0.644. The van der Waals surface area contributed by atoms with E-state index in [1.165, 1.54) is 16.7 Å². The van der Waals surface area contributed by atoms with Gasteiger partial charge in [-0.15, -0.1) is 0 Å². The van der Waals surface area contributed by atoms with Crippen molar-refractivity contribution in [2.24, 2.45) is 0 Å². The molecule has 0 spiro atoms. The molecule has 1 atom stereocenters. The lowest BCUT2D eigenvalue weighted by Crippen LogP contribution is -2.48. The van der Waals surface area contributed by atoms with E-state index in [1.807, 2.05) is 6.07 Å². The van der Waals surface area contributed by atoms with Crippen molar-refractivity contribution in [1.29, 1.82) is 5.26 Å². The van der Waals surface area contributed by atoms with Crippen LogP contribution in [0.25, 0.3) is 0 Å². The first kappa shape index (κ1) is 14.1. The Kier molecular flexibility index (Phi) is 4.05. The standard InChI is InChI=1S/C11H10N4O4S/c12-4-7-3-8(15(18)19)5-13-10(7)14-1-2-20-6-9(14)11(16)17/h3,5,9H,1-2,6H2,(H,16,17). The van der Waals surface area contributed by atoms with Gasteiger partial charge >= 0.3 is 5.97 Å². The van der Waals surface area contributed by atoms with Gasteiger partial charge < -0.3 is 10.0 Å². The SMILES string of the molecule is N#Cc1cc([N+](=O)[O-])cnc1N1CCSCC1C(=O)O. The molecule has 0 amide bonds. The molecule has 1 aliphatic rings. The van der Waals surface area contributed by atoms with Gasteiger partial charge in [-0.2, -0.15) is 17.0 Å². The van der Waals surface area contributed by atoms with Crippen molar-refractivity contribution in [3.8, 4) is 6.07 Å². The third kappa shape index (κ3) is 2.65. The van der Waals surface area contributed by atoms with Crippen LogP contribution < -0.4 is 4.90 Å². The normalized spacial score (nSPS) is 18.4. The molecule has 1 unspecified atom stereocenters. The topological polar surface area (TPSA) is 120 Å². The summed E-state index contributed by atoms with van der Waals surface area (Å²) in [4.78, 5) is 26.7. The molecule has 0 saturated carbocycles. The molecule has 2 rings (SSSR count). The van der Waals surface area contributed by atoms with E-state index in [0.29, 0.717) is 18.1 Å². The number of thioether (sulfide) groups is 1. The molecular formula is C11H10N4O4S. The molecule has 1 N–H and O–H groups in total. The Hall–Kier alpha value is -2.34. The average molecular weight is 294 g/mol. The monoisotopic (exact) mass is 294 g/mol. The van der Waals surface area contributed by atoms with Crippen molar-refractivity contribution in [1.82, 2.24) is 4.98 Å². The van der Waals surface area contributed by atoms with Crippen molar-refractivity contribution in [2.75, 3.05) is 23.0 Å². The molecule has 1 saturated heterocycles. The summed E-state index contributed by atoms with van der Waals surface area (Å²) < 4.78 is 0. The van der Waals surface area contributed by atoms with Crippen molar-refractivity contribution < 1.29 is 14.8 Å². The number of anilines is 1. The molecular weight excluding hydrogens is 284 g/mol. The van der Waals surface area contributed by atoms with Gasteiger partial charge in [-0.3, -0.25) is 10.1 Å². The van der Waals surface area contributed by atoms with Crippen molar-refractivity contribution in [3.05, 3.63) is 27.9 Å². The average Bonchev–Trinajstić information content (AvgIpc) is 2.46. The van der Waals surface area contributed by atoms with E-state index >= 15 is 0 Å². The van der Waals surface area contributed by atoms with Crippen LogP contribution in [0.1, 0.15) is 5.56 Å². The lowest BCUT2D eigenvalue weighted by Gasteiger charge is -2.33. The second kappa shape index (κ2) is 5.75. The van der Waals surface area contributed by atoms with Crippen LogP contribution in [0.4, 0.5) is 11.5 Å². The first-order valence-corrected chi connectivity index (χ1v) is 6.81. The number of nitriles is 1. The number of aliphatic carboxylic acids is 1. The predicted molar refractivity (Wildman–Crippen MR) is 71.7 cm³/mol. The second-order valence-electron chi connectivity index (χ2n) is 4.06. The molecule has 8 nitrogen and oxygen atoms in total. The highest BCUT2D eigenvalue weighted by atomic mass is 32.2. The zero-order chi connectivity index (χ0) is 14.7. The highest BCUT2D eigenvalue weighted by molar-refractivity contribution is 7.99. The molecule has 1 aromatic rings. The number of hydrogen-bond donors (Lipinski definition) is 1. The van der Waals surface area contributed by atoms with Gasteiger partial charge in [-0.1, -0.05) is 0 Å². The van der Waals surface area contributed by atoms with Gasteiger partial charge in [-0.05, 0) is 0 Å². The maximum absolute atomic E-state index is 11.2. The lowest BCUT2D eigenvalue weighted by atomic mass is 10.2. The van der Waals surface area contributed by atoms with Gasteiger partial charge in [-0.25, -0.2) is 9.78 Å². The van der Waals surface area contributed by atoms with Crippen LogP contribution in [0.2, 0.25) is 0 Å². The zero-order valence-electron chi connectivity index (χ0n) is 10.2. The van der Waals surface area contributed by atoms with E-state index in [-0.39, 0.29) is 17.1 Å². The third-order valence-electron chi connectivity index (χ3n) is 2.87. The fourth-order valence-corrected chi connectivity index (χ4v) is 2.96. The molecule has 1 aliphatic heterocycles. The highest BCUT2D eigenvalue weighted by Crippen LogP contribution is 2.27. The van der Waals surface area contributed by atoms with Crippen LogP contribution in [-0.2, 0) is 4.79 Å². The van der Waals surface area contributed by atoms with Crippen LogP contribution in [0.3, 0.4) is 0 Å². The summed E-state index contributed by atoms with van der Waals surface area (Å²) in [7, 11) is 0. The van der Waals surface area contributed by atoms with E-state index < -0.39 is 16.9 Å². The van der Waals surface area contributed by atoms with Gasteiger partial charge in [0.15, 0.2) is 0 Å². The summed E-state index contributed by atoms with van der Waals surface area (Å²) in [6.45, 7) is 0.432. The van der Waals surface area contributed by atoms with Crippen LogP contribution in [0, 0.1) is 21.4 Å². The largest absolute Gasteiger partial charge is 0.480 e. The number of carboxylic acid groups (broad SMARTS) is 1. The second-order valence-corrected chi connectivity index (χ2v) is 5.21. The Morgan fingerprint density at radius 1 is 1.70 bits per heavy atom. The van der Waals surface area contributed by atoms with Crippen LogP contribution in [0.15, 0.2) is 12.3 Å². The van der Waals surface area contributed by atoms with E-state index in [1.54, 1.807) is 0 Å². The minimum absolute atomic E-state index is 0.0114. The summed E-state index contributed by atoms with van der Waals surface area (Å²) in [6, 6.07) is 2.17.